The minimum Gasteiger partial charge on any atom is -0.397 e. The number of anilines is 2. The molecule has 6 heteroatoms. The molecule has 1 fully saturated rings. The van der Waals surface area contributed by atoms with Crippen molar-refractivity contribution in [3.63, 3.8) is 0 Å². The summed E-state index contributed by atoms with van der Waals surface area (Å²) in [7, 11) is -2.06. The van der Waals surface area contributed by atoms with Gasteiger partial charge in [0.1, 0.15) is 0 Å². The fourth-order valence-electron chi connectivity index (χ4n) is 3.05. The minimum atomic E-state index is -3.45. The van der Waals surface area contributed by atoms with Crippen molar-refractivity contribution >= 4 is 21.4 Å². The fraction of sp³-hybridized carbons (Fsp3) is 0.467. The first kappa shape index (κ1) is 14.4. The molecule has 5 nitrogen and oxygen atoms in total. The zero-order valence-corrected chi connectivity index (χ0v) is 13.1. The van der Waals surface area contributed by atoms with Gasteiger partial charge >= 0.3 is 0 Å². The molecule has 21 heavy (non-hydrogen) atoms. The summed E-state index contributed by atoms with van der Waals surface area (Å²) < 4.78 is 25.8. The molecule has 4 N–H and O–H groups in total. The van der Waals surface area contributed by atoms with Gasteiger partial charge in [0.25, 0.3) is 0 Å². The lowest BCUT2D eigenvalue weighted by Crippen LogP contribution is -2.31. The molecule has 3 unspecified atom stereocenters. The number of nitrogen functional groups attached to an aromatic ring is 1. The predicted molar refractivity (Wildman–Crippen MR) is 84.5 cm³/mol. The largest absolute Gasteiger partial charge is 0.397 e. The van der Waals surface area contributed by atoms with Crippen molar-refractivity contribution in [2.45, 2.75) is 30.7 Å². The zero-order valence-electron chi connectivity index (χ0n) is 12.3. The van der Waals surface area contributed by atoms with E-state index < -0.39 is 10.0 Å². The molecule has 0 saturated heterocycles. The molecule has 3 rings (SSSR count). The summed E-state index contributed by atoms with van der Waals surface area (Å²) in [5.41, 5.74) is 8.85. The number of fused-ring (bicyclic) bond motifs is 1. The van der Waals surface area contributed by atoms with Crippen LogP contribution in [0.4, 0.5) is 11.4 Å². The van der Waals surface area contributed by atoms with Gasteiger partial charge in [0.2, 0.25) is 10.0 Å². The second-order valence-electron chi connectivity index (χ2n) is 5.93. The molecule has 0 bridgehead atoms. The van der Waals surface area contributed by atoms with Crippen molar-refractivity contribution in [3.05, 3.63) is 29.8 Å². The molecule has 0 aliphatic heterocycles. The zero-order chi connectivity index (χ0) is 15.2. The Morgan fingerprint density at radius 3 is 2.76 bits per heavy atom. The average molecular weight is 307 g/mol. The third-order valence-corrected chi connectivity index (χ3v) is 5.91. The Kier molecular flexibility index (Phi) is 3.45. The normalized spacial score (nSPS) is 27.7. The van der Waals surface area contributed by atoms with Gasteiger partial charge in [0.15, 0.2) is 0 Å². The van der Waals surface area contributed by atoms with Crippen LogP contribution < -0.4 is 15.8 Å². The van der Waals surface area contributed by atoms with Crippen molar-refractivity contribution in [2.24, 2.45) is 11.8 Å². The topological polar surface area (TPSA) is 84.2 Å². The molecule has 2 aliphatic carbocycles. The molecule has 1 saturated carbocycles. The van der Waals surface area contributed by atoms with Crippen LogP contribution in [0.25, 0.3) is 0 Å². The minimum absolute atomic E-state index is 0.191. The summed E-state index contributed by atoms with van der Waals surface area (Å²) >= 11 is 0. The highest BCUT2D eigenvalue weighted by molar-refractivity contribution is 7.89. The first-order chi connectivity index (χ1) is 9.92. The number of hydrogen-bond acceptors (Lipinski definition) is 4. The Bertz CT molecular complexity index is 697. The number of benzene rings is 1. The van der Waals surface area contributed by atoms with Crippen molar-refractivity contribution in [3.8, 4) is 0 Å². The molecule has 0 amide bonds. The van der Waals surface area contributed by atoms with E-state index in [0.29, 0.717) is 23.6 Å². The number of hydrogen-bond donors (Lipinski definition) is 3. The molecule has 0 spiro atoms. The van der Waals surface area contributed by atoms with E-state index in [-0.39, 0.29) is 4.90 Å². The van der Waals surface area contributed by atoms with E-state index in [1.54, 1.807) is 17.7 Å². The molecule has 114 valence electrons. The Morgan fingerprint density at radius 1 is 1.33 bits per heavy atom. The number of nitrogens with one attached hydrogen (secondary N) is 2. The summed E-state index contributed by atoms with van der Waals surface area (Å²) in [6.45, 7) is 2.24. The molecular weight excluding hydrogens is 286 g/mol. The summed E-state index contributed by atoms with van der Waals surface area (Å²) in [5.74, 6) is 1.18. The lowest BCUT2D eigenvalue weighted by Gasteiger charge is -2.28. The number of nitrogens with two attached hydrogens (primary N) is 1. The summed E-state index contributed by atoms with van der Waals surface area (Å²) in [6, 6.07) is 5.23. The molecule has 0 heterocycles. The Morgan fingerprint density at radius 2 is 2.10 bits per heavy atom. The van der Waals surface area contributed by atoms with Gasteiger partial charge < -0.3 is 11.1 Å². The number of allylic oxidation sites excluding steroid dienone is 1. The van der Waals surface area contributed by atoms with Crippen LogP contribution in [0.1, 0.15) is 19.8 Å². The average Bonchev–Trinajstić information content (AvgIpc) is 3.23. The highest BCUT2D eigenvalue weighted by Crippen LogP contribution is 2.48. The van der Waals surface area contributed by atoms with Crippen molar-refractivity contribution in [1.82, 2.24) is 4.72 Å². The lowest BCUT2D eigenvalue weighted by molar-refractivity contribution is 0.442. The van der Waals surface area contributed by atoms with E-state index in [4.69, 9.17) is 5.73 Å². The van der Waals surface area contributed by atoms with Crippen LogP contribution in [0, 0.1) is 11.8 Å². The van der Waals surface area contributed by atoms with Crippen LogP contribution in [0.15, 0.2) is 34.7 Å². The van der Waals surface area contributed by atoms with Crippen LogP contribution in [0.2, 0.25) is 0 Å². The third kappa shape index (κ3) is 2.65. The van der Waals surface area contributed by atoms with Crippen LogP contribution in [-0.2, 0) is 10.0 Å². The third-order valence-electron chi connectivity index (χ3n) is 4.49. The molecule has 2 aliphatic rings. The lowest BCUT2D eigenvalue weighted by atomic mass is 9.90. The molecule has 0 radical (unpaired) electrons. The summed E-state index contributed by atoms with van der Waals surface area (Å²) in [6.07, 6.45) is 4.61. The second kappa shape index (κ2) is 5.03. The van der Waals surface area contributed by atoms with E-state index in [2.05, 4.69) is 23.0 Å². The van der Waals surface area contributed by atoms with Gasteiger partial charge in [0, 0.05) is 12.0 Å². The van der Waals surface area contributed by atoms with Gasteiger partial charge in [-0.2, -0.15) is 0 Å². The van der Waals surface area contributed by atoms with Gasteiger partial charge in [-0.25, -0.2) is 13.1 Å². The number of sulfonamides is 1. The molecular formula is C15H21N3O2S. The Hall–Kier alpha value is -1.53. The molecule has 3 atom stereocenters. The SMILES string of the molecule is CNS(=O)(=O)c1ccc(NC2C(C)CC=C3CC32)c(N)c1. The van der Waals surface area contributed by atoms with Gasteiger partial charge in [-0.15, -0.1) is 0 Å². The van der Waals surface area contributed by atoms with Crippen molar-refractivity contribution in [1.29, 1.82) is 0 Å². The van der Waals surface area contributed by atoms with Gasteiger partial charge in [0.05, 0.1) is 16.3 Å². The van der Waals surface area contributed by atoms with Gasteiger partial charge in [-0.3, -0.25) is 0 Å². The van der Waals surface area contributed by atoms with Crippen LogP contribution in [0.3, 0.4) is 0 Å². The smallest absolute Gasteiger partial charge is 0.240 e. The highest BCUT2D eigenvalue weighted by atomic mass is 32.2. The van der Waals surface area contributed by atoms with Gasteiger partial charge in [-0.1, -0.05) is 18.6 Å². The molecule has 0 aromatic heterocycles. The molecule has 1 aromatic carbocycles. The first-order valence-corrected chi connectivity index (χ1v) is 8.69. The quantitative estimate of drug-likeness (QED) is 0.586. The van der Waals surface area contributed by atoms with Crippen molar-refractivity contribution in [2.75, 3.05) is 18.1 Å². The van der Waals surface area contributed by atoms with E-state index in [0.717, 1.165) is 12.1 Å². The summed E-state index contributed by atoms with van der Waals surface area (Å²) in [4.78, 5) is 0.191. The van der Waals surface area contributed by atoms with Crippen LogP contribution >= 0.6 is 0 Å². The van der Waals surface area contributed by atoms with E-state index in [9.17, 15) is 8.42 Å². The Labute approximate surface area is 125 Å². The van der Waals surface area contributed by atoms with E-state index in [1.165, 1.54) is 19.5 Å². The van der Waals surface area contributed by atoms with E-state index in [1.807, 2.05) is 0 Å². The molecule has 1 aromatic rings. The highest BCUT2D eigenvalue weighted by Gasteiger charge is 2.42. The Balaban J connectivity index is 1.82. The maximum atomic E-state index is 11.8. The maximum absolute atomic E-state index is 11.8. The monoisotopic (exact) mass is 307 g/mol. The standard InChI is InChI=1S/C15H21N3O2S/c1-9-3-4-10-7-12(10)15(9)18-14-6-5-11(8-13(14)16)21(19,20)17-2/h4-6,8-9,12,15,17-18H,3,7,16H2,1-2H3. The predicted octanol–water partition coefficient (Wildman–Crippen LogP) is 1.94. The van der Waals surface area contributed by atoms with Crippen LogP contribution in [-0.4, -0.2) is 21.5 Å². The van der Waals surface area contributed by atoms with E-state index >= 15 is 0 Å². The van der Waals surface area contributed by atoms with Gasteiger partial charge in [-0.05, 0) is 44.0 Å². The number of rotatable bonds is 4. The fourth-order valence-corrected chi connectivity index (χ4v) is 3.81. The summed E-state index contributed by atoms with van der Waals surface area (Å²) in [5, 5.41) is 3.51. The van der Waals surface area contributed by atoms with Crippen LogP contribution in [0.5, 0.6) is 0 Å². The van der Waals surface area contributed by atoms with Crippen molar-refractivity contribution < 1.29 is 8.42 Å². The maximum Gasteiger partial charge on any atom is 0.240 e. The second-order valence-corrected chi connectivity index (χ2v) is 7.82. The first-order valence-electron chi connectivity index (χ1n) is 7.21.